The fourth-order valence-electron chi connectivity index (χ4n) is 2.16. The van der Waals surface area contributed by atoms with Gasteiger partial charge in [0.1, 0.15) is 11.9 Å². The van der Waals surface area contributed by atoms with Crippen LogP contribution in [0, 0.1) is 20.8 Å². The first-order valence-corrected chi connectivity index (χ1v) is 6.21. The molecule has 2 heterocycles. The molecule has 6 heteroatoms. The van der Waals surface area contributed by atoms with Gasteiger partial charge in [-0.1, -0.05) is 12.2 Å². The second kappa shape index (κ2) is 5.24. The lowest BCUT2D eigenvalue weighted by Crippen LogP contribution is -2.08. The zero-order chi connectivity index (χ0) is 14.9. The highest BCUT2D eigenvalue weighted by Crippen LogP contribution is 2.21. The molecule has 0 bridgehead atoms. The second-order valence-corrected chi connectivity index (χ2v) is 4.46. The Bertz CT molecular complexity index is 701. The molecule has 0 atom stereocenters. The second-order valence-electron chi connectivity index (χ2n) is 4.46. The summed E-state index contributed by atoms with van der Waals surface area (Å²) in [7, 11) is 0. The minimum Gasteiger partial charge on any atom is -0.478 e. The van der Waals surface area contributed by atoms with E-state index in [1.54, 1.807) is 18.5 Å². The largest absolute Gasteiger partial charge is 0.478 e. The zero-order valence-electron chi connectivity index (χ0n) is 11.9. The highest BCUT2D eigenvalue weighted by molar-refractivity contribution is 5.90. The van der Waals surface area contributed by atoms with Crippen molar-refractivity contribution in [1.29, 1.82) is 0 Å². The van der Waals surface area contributed by atoms with Crippen molar-refractivity contribution in [2.45, 2.75) is 27.7 Å². The molecule has 0 unspecified atom stereocenters. The van der Waals surface area contributed by atoms with Crippen molar-refractivity contribution in [3.05, 3.63) is 40.6 Å². The predicted octanol–water partition coefficient (Wildman–Crippen LogP) is 2.32. The molecule has 0 saturated carbocycles. The molecule has 2 aromatic rings. The van der Waals surface area contributed by atoms with Crippen LogP contribution in [0.2, 0.25) is 0 Å². The molecule has 0 radical (unpaired) electrons. The molecule has 104 valence electrons. The minimum absolute atomic E-state index is 0.215. The van der Waals surface area contributed by atoms with E-state index in [0.29, 0.717) is 17.2 Å². The van der Waals surface area contributed by atoms with Crippen LogP contribution in [-0.2, 0) is 0 Å². The molecular weight excluding hydrogens is 256 g/mol. The van der Waals surface area contributed by atoms with E-state index in [9.17, 15) is 9.90 Å². The van der Waals surface area contributed by atoms with E-state index in [1.165, 1.54) is 6.33 Å². The Labute approximate surface area is 116 Å². The van der Waals surface area contributed by atoms with E-state index in [1.807, 2.05) is 26.0 Å². The van der Waals surface area contributed by atoms with Crippen molar-refractivity contribution in [1.82, 2.24) is 19.7 Å². The molecule has 0 aliphatic rings. The van der Waals surface area contributed by atoms with Gasteiger partial charge in [-0.3, -0.25) is 0 Å². The molecule has 0 amide bonds. The lowest BCUT2D eigenvalue weighted by atomic mass is 10.2. The van der Waals surface area contributed by atoms with Crippen LogP contribution in [0.15, 0.2) is 12.4 Å². The summed E-state index contributed by atoms with van der Waals surface area (Å²) < 4.78 is 1.56. The summed E-state index contributed by atoms with van der Waals surface area (Å²) in [5, 5.41) is 13.5. The van der Waals surface area contributed by atoms with Crippen molar-refractivity contribution >= 4 is 12.0 Å². The third-order valence-electron chi connectivity index (χ3n) is 3.10. The van der Waals surface area contributed by atoms with Crippen LogP contribution >= 0.6 is 0 Å². The van der Waals surface area contributed by atoms with Gasteiger partial charge in [0, 0.05) is 5.56 Å². The van der Waals surface area contributed by atoms with Gasteiger partial charge in [0.15, 0.2) is 5.82 Å². The van der Waals surface area contributed by atoms with Crippen LogP contribution in [0.4, 0.5) is 0 Å². The number of nitrogens with zero attached hydrogens (tertiary/aromatic N) is 4. The molecule has 0 saturated heterocycles. The summed E-state index contributed by atoms with van der Waals surface area (Å²) in [5.74, 6) is -0.395. The number of allylic oxidation sites excluding steroid dienone is 1. The van der Waals surface area contributed by atoms with Gasteiger partial charge in [-0.15, -0.1) is 0 Å². The fraction of sp³-hybridized carbons (Fsp3) is 0.286. The maximum Gasteiger partial charge on any atom is 0.339 e. The Morgan fingerprint density at radius 2 is 1.95 bits per heavy atom. The molecule has 0 spiro atoms. The summed E-state index contributed by atoms with van der Waals surface area (Å²) in [6.45, 7) is 7.18. The number of aromatic nitrogens is 4. The average molecular weight is 272 g/mol. The summed E-state index contributed by atoms with van der Waals surface area (Å²) in [6.07, 6.45) is 5.23. The molecule has 6 nitrogen and oxygen atoms in total. The third kappa shape index (κ3) is 2.20. The average Bonchev–Trinajstić information content (AvgIpc) is 2.67. The molecule has 20 heavy (non-hydrogen) atoms. The highest BCUT2D eigenvalue weighted by atomic mass is 16.4. The summed E-state index contributed by atoms with van der Waals surface area (Å²) >= 11 is 0. The van der Waals surface area contributed by atoms with Crippen LogP contribution in [0.25, 0.3) is 11.9 Å². The topological polar surface area (TPSA) is 80.9 Å². The Kier molecular flexibility index (Phi) is 3.65. The number of aromatic carboxylic acids is 1. The molecule has 1 N–H and O–H groups in total. The molecular formula is C14H16N4O2. The summed E-state index contributed by atoms with van der Waals surface area (Å²) in [5.41, 5.74) is 2.89. The fourth-order valence-corrected chi connectivity index (χ4v) is 2.16. The number of rotatable bonds is 3. The SMILES string of the molecule is C/C=C\c1c(C)ncnc1-n1nc(C)c(C(=O)O)c1C. The van der Waals surface area contributed by atoms with Crippen LogP contribution in [0.3, 0.4) is 0 Å². The van der Waals surface area contributed by atoms with Gasteiger partial charge in [0.25, 0.3) is 0 Å². The number of carbonyl (C=O) groups is 1. The summed E-state index contributed by atoms with van der Waals surface area (Å²) in [4.78, 5) is 19.7. The van der Waals surface area contributed by atoms with Gasteiger partial charge < -0.3 is 5.11 Å². The number of carboxylic acids is 1. The molecule has 2 aromatic heterocycles. The predicted molar refractivity (Wildman–Crippen MR) is 75.0 cm³/mol. The third-order valence-corrected chi connectivity index (χ3v) is 3.10. The van der Waals surface area contributed by atoms with E-state index >= 15 is 0 Å². The van der Waals surface area contributed by atoms with E-state index in [-0.39, 0.29) is 5.56 Å². The van der Waals surface area contributed by atoms with E-state index in [4.69, 9.17) is 0 Å². The van der Waals surface area contributed by atoms with E-state index in [0.717, 1.165) is 11.3 Å². The maximum absolute atomic E-state index is 11.3. The molecule has 0 aromatic carbocycles. The van der Waals surface area contributed by atoms with Crippen molar-refractivity contribution in [2.75, 3.05) is 0 Å². The highest BCUT2D eigenvalue weighted by Gasteiger charge is 2.20. The van der Waals surface area contributed by atoms with Crippen molar-refractivity contribution in [3.8, 4) is 5.82 Å². The number of aryl methyl sites for hydroxylation is 2. The van der Waals surface area contributed by atoms with Crippen molar-refractivity contribution in [3.63, 3.8) is 0 Å². The van der Waals surface area contributed by atoms with Gasteiger partial charge >= 0.3 is 5.97 Å². The lowest BCUT2D eigenvalue weighted by Gasteiger charge is -2.09. The van der Waals surface area contributed by atoms with Gasteiger partial charge in [0.05, 0.1) is 17.1 Å². The van der Waals surface area contributed by atoms with Gasteiger partial charge in [-0.25, -0.2) is 19.4 Å². The monoisotopic (exact) mass is 272 g/mol. The molecule has 0 aliphatic heterocycles. The standard InChI is InChI=1S/C14H16N4O2/c1-5-6-11-8(2)15-7-16-13(11)18-10(4)12(14(19)20)9(3)17-18/h5-7H,1-4H3,(H,19,20)/b6-5-. The number of carboxylic acid groups (broad SMARTS) is 1. The minimum atomic E-state index is -0.982. The first-order valence-electron chi connectivity index (χ1n) is 6.21. The smallest absolute Gasteiger partial charge is 0.339 e. The van der Waals surface area contributed by atoms with Gasteiger partial charge in [-0.2, -0.15) is 5.10 Å². The first kappa shape index (κ1) is 13.9. The summed E-state index contributed by atoms with van der Waals surface area (Å²) in [6, 6.07) is 0. The van der Waals surface area contributed by atoms with E-state index in [2.05, 4.69) is 15.1 Å². The zero-order valence-corrected chi connectivity index (χ0v) is 11.9. The van der Waals surface area contributed by atoms with Crippen LogP contribution in [0.5, 0.6) is 0 Å². The Morgan fingerprint density at radius 3 is 2.50 bits per heavy atom. The van der Waals surface area contributed by atoms with Crippen LogP contribution in [0.1, 0.15) is 39.9 Å². The van der Waals surface area contributed by atoms with Gasteiger partial charge in [-0.05, 0) is 27.7 Å². The molecule has 0 aliphatic carbocycles. The van der Waals surface area contributed by atoms with Crippen molar-refractivity contribution < 1.29 is 9.90 Å². The normalized spacial score (nSPS) is 11.2. The quantitative estimate of drug-likeness (QED) is 0.927. The lowest BCUT2D eigenvalue weighted by molar-refractivity contribution is 0.0695. The maximum atomic E-state index is 11.3. The Hall–Kier alpha value is -2.50. The van der Waals surface area contributed by atoms with E-state index < -0.39 is 5.97 Å². The van der Waals surface area contributed by atoms with Crippen LogP contribution in [-0.4, -0.2) is 30.8 Å². The molecule has 2 rings (SSSR count). The van der Waals surface area contributed by atoms with Gasteiger partial charge in [0.2, 0.25) is 0 Å². The van der Waals surface area contributed by atoms with Crippen molar-refractivity contribution in [2.24, 2.45) is 0 Å². The number of hydrogen-bond acceptors (Lipinski definition) is 4. The Balaban J connectivity index is 2.73. The Morgan fingerprint density at radius 1 is 1.25 bits per heavy atom. The molecule has 0 fully saturated rings. The first-order chi connectivity index (χ1) is 9.47. The van der Waals surface area contributed by atoms with Crippen LogP contribution < -0.4 is 0 Å². The number of hydrogen-bond donors (Lipinski definition) is 1.